The Labute approximate surface area is 124 Å². The van der Waals surface area contributed by atoms with Gasteiger partial charge in [-0.25, -0.2) is 0 Å². The molecule has 0 amide bonds. The molecule has 2 rings (SSSR count). The van der Waals surface area contributed by atoms with Gasteiger partial charge in [-0.2, -0.15) is 0 Å². The van der Waals surface area contributed by atoms with Crippen LogP contribution in [0.15, 0.2) is 24.3 Å². The van der Waals surface area contributed by atoms with Crippen LogP contribution in [0.4, 0.5) is 0 Å². The molecular weight excluding hydrogens is 240 g/mol. The molecule has 2 atom stereocenters. The second kappa shape index (κ2) is 5.99. The van der Waals surface area contributed by atoms with Gasteiger partial charge in [-0.05, 0) is 71.6 Å². The molecule has 0 saturated heterocycles. The molecule has 0 heteroatoms. The van der Waals surface area contributed by atoms with Gasteiger partial charge in [0.1, 0.15) is 0 Å². The summed E-state index contributed by atoms with van der Waals surface area (Å²) in [4.78, 5) is 0. The lowest BCUT2D eigenvalue weighted by molar-refractivity contribution is 0.677. The minimum Gasteiger partial charge on any atom is -0.0648 e. The minimum absolute atomic E-state index is 0.628. The van der Waals surface area contributed by atoms with Crippen molar-refractivity contribution in [3.63, 3.8) is 0 Å². The van der Waals surface area contributed by atoms with Crippen molar-refractivity contribution in [3.05, 3.63) is 46.5 Å². The highest BCUT2D eigenvalue weighted by atomic mass is 14.2. The first-order valence-corrected chi connectivity index (χ1v) is 8.04. The number of benzene rings is 2. The minimum atomic E-state index is 0.628. The van der Waals surface area contributed by atoms with Gasteiger partial charge in [-0.15, -0.1) is 0 Å². The molecule has 108 valence electrons. The Balaban J connectivity index is 2.91. The van der Waals surface area contributed by atoms with Crippen molar-refractivity contribution < 1.29 is 0 Å². The number of fused-ring (bicyclic) bond motifs is 1. The zero-order valence-corrected chi connectivity index (χ0v) is 13.9. The first kappa shape index (κ1) is 15.1. The van der Waals surface area contributed by atoms with E-state index < -0.39 is 0 Å². The molecule has 0 aromatic heterocycles. The van der Waals surface area contributed by atoms with Crippen molar-refractivity contribution in [1.29, 1.82) is 0 Å². The predicted molar refractivity (Wildman–Crippen MR) is 90.8 cm³/mol. The molecule has 2 aromatic rings. The van der Waals surface area contributed by atoms with E-state index in [1.807, 2.05) is 0 Å². The molecule has 0 fully saturated rings. The van der Waals surface area contributed by atoms with E-state index >= 15 is 0 Å². The summed E-state index contributed by atoms with van der Waals surface area (Å²) >= 11 is 0. The first-order valence-electron chi connectivity index (χ1n) is 8.04. The number of rotatable bonds is 4. The van der Waals surface area contributed by atoms with Crippen LogP contribution in [0, 0.1) is 13.8 Å². The van der Waals surface area contributed by atoms with Gasteiger partial charge in [-0.3, -0.25) is 0 Å². The van der Waals surface area contributed by atoms with Gasteiger partial charge < -0.3 is 0 Å². The molecule has 0 aliphatic carbocycles. The van der Waals surface area contributed by atoms with E-state index in [1.165, 1.54) is 34.7 Å². The molecule has 0 saturated carbocycles. The lowest BCUT2D eigenvalue weighted by atomic mass is 9.79. The van der Waals surface area contributed by atoms with Crippen LogP contribution in [0.3, 0.4) is 0 Å². The van der Waals surface area contributed by atoms with Gasteiger partial charge in [-0.1, -0.05) is 52.0 Å². The van der Waals surface area contributed by atoms with E-state index in [0.29, 0.717) is 11.8 Å². The molecule has 20 heavy (non-hydrogen) atoms. The van der Waals surface area contributed by atoms with E-state index in [-0.39, 0.29) is 0 Å². The van der Waals surface area contributed by atoms with Crippen molar-refractivity contribution in [2.24, 2.45) is 0 Å². The third-order valence-corrected chi connectivity index (χ3v) is 5.09. The summed E-state index contributed by atoms with van der Waals surface area (Å²) in [7, 11) is 0. The maximum absolute atomic E-state index is 2.38. The summed E-state index contributed by atoms with van der Waals surface area (Å²) in [5.41, 5.74) is 6.18. The van der Waals surface area contributed by atoms with Crippen molar-refractivity contribution in [3.8, 4) is 0 Å². The van der Waals surface area contributed by atoms with Crippen LogP contribution < -0.4 is 0 Å². The Morgan fingerprint density at radius 2 is 1.25 bits per heavy atom. The lowest BCUT2D eigenvalue weighted by Crippen LogP contribution is -2.07. The number of hydrogen-bond donors (Lipinski definition) is 0. The summed E-state index contributed by atoms with van der Waals surface area (Å²) in [6.45, 7) is 14.0. The van der Waals surface area contributed by atoms with Crippen LogP contribution in [0.2, 0.25) is 0 Å². The zero-order chi connectivity index (χ0) is 14.9. The molecule has 0 N–H and O–H groups in total. The number of aryl methyl sites for hydroxylation is 1. The van der Waals surface area contributed by atoms with Gasteiger partial charge in [0.25, 0.3) is 0 Å². The summed E-state index contributed by atoms with van der Waals surface area (Å²) in [5.74, 6) is 1.27. The molecule has 2 aromatic carbocycles. The van der Waals surface area contributed by atoms with Gasteiger partial charge in [0.05, 0.1) is 0 Å². The molecule has 0 radical (unpaired) electrons. The van der Waals surface area contributed by atoms with Crippen LogP contribution >= 0.6 is 0 Å². The monoisotopic (exact) mass is 268 g/mol. The Kier molecular flexibility index (Phi) is 4.52. The third-order valence-electron chi connectivity index (χ3n) is 5.09. The third kappa shape index (κ3) is 2.37. The van der Waals surface area contributed by atoms with Crippen LogP contribution in [0.1, 0.15) is 74.6 Å². The Hall–Kier alpha value is -1.30. The molecule has 0 aliphatic rings. The molecule has 0 nitrogen and oxygen atoms in total. The van der Waals surface area contributed by atoms with Crippen molar-refractivity contribution in [2.75, 3.05) is 0 Å². The highest BCUT2D eigenvalue weighted by Gasteiger charge is 2.20. The molecule has 0 heterocycles. The maximum Gasteiger partial charge on any atom is -0.0143 e. The second-order valence-electron chi connectivity index (χ2n) is 6.24. The van der Waals surface area contributed by atoms with Crippen LogP contribution in [0.5, 0.6) is 0 Å². The summed E-state index contributed by atoms with van der Waals surface area (Å²) in [6, 6.07) is 8.94. The average molecular weight is 268 g/mol. The lowest BCUT2D eigenvalue weighted by Gasteiger charge is -2.26. The van der Waals surface area contributed by atoms with Gasteiger partial charge in [0.2, 0.25) is 0 Å². The van der Waals surface area contributed by atoms with E-state index in [4.69, 9.17) is 0 Å². The summed E-state index contributed by atoms with van der Waals surface area (Å²) < 4.78 is 0. The highest BCUT2D eigenvalue weighted by molar-refractivity contribution is 5.91. The normalized spacial score (nSPS) is 14.5. The SMILES string of the molecule is CCC(C)c1c(C)c(C)c2ccccc2c1C(C)CC. The second-order valence-corrected chi connectivity index (χ2v) is 6.24. The number of hydrogen-bond acceptors (Lipinski definition) is 0. The molecule has 0 aliphatic heterocycles. The van der Waals surface area contributed by atoms with Crippen molar-refractivity contribution in [1.82, 2.24) is 0 Å². The van der Waals surface area contributed by atoms with E-state index in [9.17, 15) is 0 Å². The average Bonchev–Trinajstić information content (AvgIpc) is 2.49. The largest absolute Gasteiger partial charge is 0.0648 e. The topological polar surface area (TPSA) is 0 Å². The first-order chi connectivity index (χ1) is 9.52. The zero-order valence-electron chi connectivity index (χ0n) is 13.9. The van der Waals surface area contributed by atoms with Gasteiger partial charge >= 0.3 is 0 Å². The maximum atomic E-state index is 2.38. The quantitative estimate of drug-likeness (QED) is 0.595. The highest BCUT2D eigenvalue weighted by Crippen LogP contribution is 2.40. The standard InChI is InChI=1S/C20H28/c1-7-13(3)19-16(6)15(5)17-11-9-10-12-18(17)20(19)14(4)8-2/h9-14H,7-8H2,1-6H3. The molecule has 0 spiro atoms. The van der Waals surface area contributed by atoms with Crippen molar-refractivity contribution in [2.45, 2.75) is 66.2 Å². The molecular formula is C20H28. The fraction of sp³-hybridized carbons (Fsp3) is 0.500. The van der Waals surface area contributed by atoms with Gasteiger partial charge in [0, 0.05) is 0 Å². The van der Waals surface area contributed by atoms with Crippen LogP contribution in [-0.4, -0.2) is 0 Å². The fourth-order valence-electron chi connectivity index (χ4n) is 3.37. The predicted octanol–water partition coefficient (Wildman–Crippen LogP) is 6.48. The Bertz CT molecular complexity index is 607. The van der Waals surface area contributed by atoms with Crippen LogP contribution in [-0.2, 0) is 0 Å². The van der Waals surface area contributed by atoms with E-state index in [2.05, 4.69) is 65.8 Å². The van der Waals surface area contributed by atoms with Crippen LogP contribution in [0.25, 0.3) is 10.8 Å². The Morgan fingerprint density at radius 3 is 1.80 bits per heavy atom. The van der Waals surface area contributed by atoms with Gasteiger partial charge in [0.15, 0.2) is 0 Å². The fourth-order valence-corrected chi connectivity index (χ4v) is 3.37. The van der Waals surface area contributed by atoms with E-state index in [1.54, 1.807) is 11.1 Å². The summed E-state index contributed by atoms with van der Waals surface area (Å²) in [6.07, 6.45) is 2.41. The molecule has 0 bridgehead atoms. The van der Waals surface area contributed by atoms with Crippen molar-refractivity contribution >= 4 is 10.8 Å². The smallest absolute Gasteiger partial charge is 0.0143 e. The van der Waals surface area contributed by atoms with E-state index in [0.717, 1.165) is 0 Å². The molecule has 2 unspecified atom stereocenters. The summed E-state index contributed by atoms with van der Waals surface area (Å²) in [5, 5.41) is 2.91. The Morgan fingerprint density at radius 1 is 0.750 bits per heavy atom.